The number of amides is 2. The Morgan fingerprint density at radius 2 is 1.89 bits per heavy atom. The van der Waals surface area contributed by atoms with Crippen molar-refractivity contribution < 1.29 is 19.1 Å². The highest BCUT2D eigenvalue weighted by Crippen LogP contribution is 2.34. The first-order valence-electron chi connectivity index (χ1n) is 7.99. The Balaban J connectivity index is 1.82. The smallest absolute Gasteiger partial charge is 0.285 e. The molecule has 0 spiro atoms. The third-order valence-corrected chi connectivity index (χ3v) is 5.67. The van der Waals surface area contributed by atoms with E-state index >= 15 is 0 Å². The van der Waals surface area contributed by atoms with Crippen molar-refractivity contribution in [2.24, 2.45) is 0 Å². The molecule has 1 aliphatic heterocycles. The predicted octanol–water partition coefficient (Wildman–Crippen LogP) is 4.01. The molecule has 1 N–H and O–H groups in total. The highest BCUT2D eigenvalue weighted by Gasteiger charge is 2.34. The lowest BCUT2D eigenvalue weighted by Gasteiger charge is -2.15. The van der Waals surface area contributed by atoms with Crippen LogP contribution in [0.4, 0.5) is 0 Å². The van der Waals surface area contributed by atoms with Crippen LogP contribution in [-0.2, 0) is 4.79 Å². The van der Waals surface area contributed by atoms with Crippen LogP contribution in [0.2, 0.25) is 0 Å². The number of halogens is 1. The van der Waals surface area contributed by atoms with E-state index < -0.39 is 11.8 Å². The van der Waals surface area contributed by atoms with Crippen molar-refractivity contribution in [2.45, 2.75) is 0 Å². The lowest BCUT2D eigenvalue weighted by Crippen LogP contribution is -2.44. The van der Waals surface area contributed by atoms with E-state index in [2.05, 4.69) is 21.4 Å². The molecule has 0 saturated carbocycles. The summed E-state index contributed by atoms with van der Waals surface area (Å²) in [6, 6.07) is 12.1. The topological polar surface area (TPSA) is 67.9 Å². The first-order valence-corrected chi connectivity index (χ1v) is 10.0. The quantitative estimate of drug-likeness (QED) is 0.517. The first-order chi connectivity index (χ1) is 13.4. The monoisotopic (exact) mass is 478 g/mol. The number of hydrogen-bond acceptors (Lipinski definition) is 6. The van der Waals surface area contributed by atoms with Gasteiger partial charge in [0.25, 0.3) is 11.8 Å². The zero-order chi connectivity index (χ0) is 20.3. The van der Waals surface area contributed by atoms with Gasteiger partial charge in [-0.05, 0) is 60.8 Å². The van der Waals surface area contributed by atoms with Gasteiger partial charge in [0.2, 0.25) is 0 Å². The Kier molecular flexibility index (Phi) is 6.38. The Labute approximate surface area is 180 Å². The summed E-state index contributed by atoms with van der Waals surface area (Å²) >= 11 is 9.67. The summed E-state index contributed by atoms with van der Waals surface area (Å²) in [5.74, 6) is 0.380. The van der Waals surface area contributed by atoms with Gasteiger partial charge in [0.15, 0.2) is 4.32 Å². The van der Waals surface area contributed by atoms with E-state index in [9.17, 15) is 9.59 Å². The Bertz CT molecular complexity index is 976. The number of benzene rings is 2. The molecule has 0 aromatic heterocycles. The van der Waals surface area contributed by atoms with E-state index in [1.807, 2.05) is 0 Å². The molecule has 0 aliphatic carbocycles. The van der Waals surface area contributed by atoms with Crippen LogP contribution in [0.25, 0.3) is 6.08 Å². The lowest BCUT2D eigenvalue weighted by atomic mass is 10.1. The summed E-state index contributed by atoms with van der Waals surface area (Å²) in [6.07, 6.45) is 1.66. The fraction of sp³-hybridized carbons (Fsp3) is 0.105. The van der Waals surface area contributed by atoms with E-state index in [1.54, 1.807) is 62.8 Å². The van der Waals surface area contributed by atoms with Gasteiger partial charge in [-0.25, -0.2) is 0 Å². The van der Waals surface area contributed by atoms with Crippen molar-refractivity contribution in [3.05, 3.63) is 63.0 Å². The number of nitrogens with one attached hydrogen (secondary N) is 1. The number of hydrazine groups is 1. The zero-order valence-electron chi connectivity index (χ0n) is 14.9. The number of rotatable bonds is 5. The molecule has 2 aromatic carbocycles. The van der Waals surface area contributed by atoms with E-state index in [4.69, 9.17) is 21.7 Å². The third kappa shape index (κ3) is 4.37. The number of hydrogen-bond donors (Lipinski definition) is 1. The van der Waals surface area contributed by atoms with Crippen LogP contribution in [0.3, 0.4) is 0 Å². The predicted molar refractivity (Wildman–Crippen MR) is 116 cm³/mol. The van der Waals surface area contributed by atoms with Gasteiger partial charge in [-0.3, -0.25) is 15.0 Å². The van der Waals surface area contributed by atoms with Crippen LogP contribution < -0.4 is 14.9 Å². The second kappa shape index (κ2) is 8.76. The Morgan fingerprint density at radius 3 is 2.54 bits per heavy atom. The molecule has 1 aliphatic rings. The van der Waals surface area contributed by atoms with E-state index in [-0.39, 0.29) is 4.32 Å². The summed E-state index contributed by atoms with van der Waals surface area (Å²) < 4.78 is 11.7. The summed E-state index contributed by atoms with van der Waals surface area (Å²) in [5.41, 5.74) is 3.63. The molecule has 0 atom stereocenters. The molecule has 0 unspecified atom stereocenters. The van der Waals surface area contributed by atoms with Crippen molar-refractivity contribution in [2.75, 3.05) is 14.2 Å². The van der Waals surface area contributed by atoms with Crippen LogP contribution in [0, 0.1) is 0 Å². The second-order valence-electron chi connectivity index (χ2n) is 5.57. The van der Waals surface area contributed by atoms with Gasteiger partial charge in [-0.2, -0.15) is 5.01 Å². The highest BCUT2D eigenvalue weighted by molar-refractivity contribution is 9.10. The SMILES string of the molecule is COc1ccc(OC)c(/C=C2\SC(=S)N(NC(=O)c3ccc(Br)cc3)C2=O)c1. The minimum absolute atomic E-state index is 0.239. The fourth-order valence-electron chi connectivity index (χ4n) is 2.42. The van der Waals surface area contributed by atoms with E-state index in [0.29, 0.717) is 27.5 Å². The highest BCUT2D eigenvalue weighted by atomic mass is 79.9. The molecule has 9 heteroatoms. The number of ether oxygens (including phenoxy) is 2. The Morgan fingerprint density at radius 1 is 1.18 bits per heavy atom. The van der Waals surface area contributed by atoms with Crippen LogP contribution in [0.1, 0.15) is 15.9 Å². The number of nitrogens with zero attached hydrogens (tertiary/aromatic N) is 1. The molecule has 2 aromatic rings. The first kappa shape index (κ1) is 20.4. The van der Waals surface area contributed by atoms with E-state index in [1.165, 1.54) is 0 Å². The molecule has 1 fully saturated rings. The van der Waals surface area contributed by atoms with Gasteiger partial charge < -0.3 is 9.47 Å². The largest absolute Gasteiger partial charge is 0.497 e. The molecule has 3 rings (SSSR count). The van der Waals surface area contributed by atoms with Gasteiger partial charge >= 0.3 is 0 Å². The number of methoxy groups -OCH3 is 2. The van der Waals surface area contributed by atoms with E-state index in [0.717, 1.165) is 21.2 Å². The maximum atomic E-state index is 12.8. The molecule has 28 heavy (non-hydrogen) atoms. The Hall–Kier alpha value is -2.36. The molecule has 0 bridgehead atoms. The van der Waals surface area contributed by atoms with Gasteiger partial charge in [0.05, 0.1) is 19.1 Å². The average Bonchev–Trinajstić information content (AvgIpc) is 2.95. The van der Waals surface area contributed by atoms with Gasteiger partial charge in [0.1, 0.15) is 11.5 Å². The maximum Gasteiger partial charge on any atom is 0.285 e. The van der Waals surface area contributed by atoms with Crippen molar-refractivity contribution in [3.8, 4) is 11.5 Å². The normalized spacial score (nSPS) is 15.1. The summed E-state index contributed by atoms with van der Waals surface area (Å²) in [4.78, 5) is 25.5. The number of thiocarbonyl (C=S) groups is 1. The molecule has 1 heterocycles. The second-order valence-corrected chi connectivity index (χ2v) is 8.16. The van der Waals surface area contributed by atoms with Gasteiger partial charge in [-0.1, -0.05) is 27.7 Å². The molecular formula is C19H15BrN2O4S2. The molecule has 0 radical (unpaired) electrons. The van der Waals surface area contributed by atoms with Crippen LogP contribution in [0.15, 0.2) is 51.8 Å². The lowest BCUT2D eigenvalue weighted by molar-refractivity contribution is -0.123. The molecule has 6 nitrogen and oxygen atoms in total. The van der Waals surface area contributed by atoms with Crippen molar-refractivity contribution >= 4 is 62.1 Å². The van der Waals surface area contributed by atoms with Gasteiger partial charge in [-0.15, -0.1) is 0 Å². The number of carbonyl (C=O) groups is 2. The molecule has 1 saturated heterocycles. The van der Waals surface area contributed by atoms with Crippen LogP contribution in [-0.4, -0.2) is 35.4 Å². The summed E-state index contributed by atoms with van der Waals surface area (Å²) in [6.45, 7) is 0. The standard InChI is InChI=1S/C19H15BrN2O4S2/c1-25-14-7-8-15(26-2)12(9-14)10-16-18(24)22(19(27)28-16)21-17(23)11-3-5-13(20)6-4-11/h3-10H,1-2H3,(H,21,23)/b16-10-. The van der Waals surface area contributed by atoms with Crippen LogP contribution >= 0.6 is 39.9 Å². The summed E-state index contributed by atoms with van der Waals surface area (Å²) in [5, 5.41) is 1.07. The zero-order valence-corrected chi connectivity index (χ0v) is 18.1. The number of thioether (sulfide) groups is 1. The van der Waals surface area contributed by atoms with Gasteiger partial charge in [0, 0.05) is 15.6 Å². The fourth-order valence-corrected chi connectivity index (χ4v) is 3.86. The van der Waals surface area contributed by atoms with Crippen LogP contribution in [0.5, 0.6) is 11.5 Å². The van der Waals surface area contributed by atoms with Crippen molar-refractivity contribution in [1.29, 1.82) is 0 Å². The van der Waals surface area contributed by atoms with Crippen molar-refractivity contribution in [3.63, 3.8) is 0 Å². The minimum Gasteiger partial charge on any atom is -0.497 e. The number of carbonyl (C=O) groups excluding carboxylic acids is 2. The maximum absolute atomic E-state index is 12.8. The molecular weight excluding hydrogens is 464 g/mol. The molecule has 144 valence electrons. The van der Waals surface area contributed by atoms with Crippen molar-refractivity contribution in [1.82, 2.24) is 10.4 Å². The summed E-state index contributed by atoms with van der Waals surface area (Å²) in [7, 11) is 3.10. The third-order valence-electron chi connectivity index (χ3n) is 3.84. The average molecular weight is 479 g/mol. The molecule has 2 amide bonds. The minimum atomic E-state index is -0.427.